The Hall–Kier alpha value is -0.726. The van der Waals surface area contributed by atoms with Gasteiger partial charge in [0.05, 0.1) is 17.2 Å². The second-order valence-corrected chi connectivity index (χ2v) is 15.6. The van der Waals surface area contributed by atoms with Crippen LogP contribution in [0.15, 0.2) is 16.7 Å². The Bertz CT molecular complexity index is 394. The van der Waals surface area contributed by atoms with Gasteiger partial charge >= 0.3 is 0 Å². The second-order valence-electron chi connectivity index (χ2n) is 5.91. The van der Waals surface area contributed by atoms with Gasteiger partial charge in [-0.1, -0.05) is 45.2 Å². The molecule has 0 aliphatic carbocycles. The van der Waals surface area contributed by atoms with E-state index in [-0.39, 0.29) is 0 Å². The molecular formula is C12H20OSi2. The predicted octanol–water partition coefficient (Wildman–Crippen LogP) is 3.05. The van der Waals surface area contributed by atoms with Crippen LogP contribution < -0.4 is 5.38 Å². The molecule has 1 rings (SSSR count). The normalized spacial score (nSPS) is 12.1. The molecule has 0 bridgehead atoms. The highest BCUT2D eigenvalue weighted by atomic mass is 28.3. The monoisotopic (exact) mass is 236 g/mol. The summed E-state index contributed by atoms with van der Waals surface area (Å²) in [5.41, 5.74) is 4.50. The maximum atomic E-state index is 5.57. The van der Waals surface area contributed by atoms with Crippen LogP contribution in [0.5, 0.6) is 0 Å². The van der Waals surface area contributed by atoms with Crippen molar-refractivity contribution in [2.75, 3.05) is 0 Å². The molecule has 0 amide bonds. The third-order valence-electron chi connectivity index (χ3n) is 1.92. The van der Waals surface area contributed by atoms with Crippen LogP contribution >= 0.6 is 0 Å². The molecule has 82 valence electrons. The summed E-state index contributed by atoms with van der Waals surface area (Å²) < 4.78 is 5.57. The maximum absolute atomic E-state index is 5.57. The van der Waals surface area contributed by atoms with Crippen molar-refractivity contribution in [2.24, 2.45) is 0 Å². The summed E-state index contributed by atoms with van der Waals surface area (Å²) in [6.07, 6.45) is 1.77. The summed E-state index contributed by atoms with van der Waals surface area (Å²) in [6.45, 7) is 13.6. The van der Waals surface area contributed by atoms with Crippen molar-refractivity contribution in [1.29, 1.82) is 0 Å². The van der Waals surface area contributed by atoms with E-state index in [0.29, 0.717) is 0 Å². The first-order valence-electron chi connectivity index (χ1n) is 5.31. The standard InChI is InChI=1S/C12H20OSi2/c1-14(2,3)10-8-11-7-9-13-12(11)15(4,5)6/h7,9H,1-6H3. The Kier molecular flexibility index (Phi) is 3.32. The van der Waals surface area contributed by atoms with Crippen LogP contribution in [0.25, 0.3) is 0 Å². The minimum atomic E-state index is -1.38. The minimum absolute atomic E-state index is 1.11. The average Bonchev–Trinajstić information content (AvgIpc) is 2.45. The smallest absolute Gasteiger partial charge is 0.129 e. The lowest BCUT2D eigenvalue weighted by Gasteiger charge is -2.12. The van der Waals surface area contributed by atoms with Crippen LogP contribution in [-0.4, -0.2) is 16.1 Å². The zero-order valence-corrected chi connectivity index (χ0v) is 12.6. The average molecular weight is 236 g/mol. The number of furan rings is 1. The van der Waals surface area contributed by atoms with E-state index >= 15 is 0 Å². The van der Waals surface area contributed by atoms with E-state index in [1.165, 1.54) is 0 Å². The van der Waals surface area contributed by atoms with Gasteiger partial charge in [0.25, 0.3) is 0 Å². The lowest BCUT2D eigenvalue weighted by Crippen LogP contribution is -2.38. The quantitative estimate of drug-likeness (QED) is 0.539. The first-order valence-corrected chi connectivity index (χ1v) is 12.3. The fourth-order valence-corrected chi connectivity index (χ4v) is 3.13. The van der Waals surface area contributed by atoms with E-state index in [1.54, 1.807) is 6.26 Å². The van der Waals surface area contributed by atoms with Crippen LogP contribution in [0.4, 0.5) is 0 Å². The van der Waals surface area contributed by atoms with Crippen LogP contribution in [0.3, 0.4) is 0 Å². The Balaban J connectivity index is 3.06. The summed E-state index contributed by atoms with van der Waals surface area (Å²) in [5, 5.41) is 1.13. The predicted molar refractivity (Wildman–Crippen MR) is 71.9 cm³/mol. The summed E-state index contributed by atoms with van der Waals surface area (Å²) >= 11 is 0. The zero-order valence-electron chi connectivity index (χ0n) is 10.6. The third kappa shape index (κ3) is 3.73. The van der Waals surface area contributed by atoms with Crippen LogP contribution in [-0.2, 0) is 0 Å². The van der Waals surface area contributed by atoms with Gasteiger partial charge in [0.2, 0.25) is 0 Å². The topological polar surface area (TPSA) is 13.1 Å². The molecule has 0 saturated heterocycles. The molecular weight excluding hydrogens is 216 g/mol. The highest BCUT2D eigenvalue weighted by molar-refractivity contribution is 6.88. The van der Waals surface area contributed by atoms with Gasteiger partial charge in [0, 0.05) is 0 Å². The van der Waals surface area contributed by atoms with E-state index in [1.807, 2.05) is 6.07 Å². The van der Waals surface area contributed by atoms with Gasteiger partial charge < -0.3 is 4.42 Å². The third-order valence-corrected chi connectivity index (χ3v) is 4.54. The molecule has 0 N–H and O–H groups in total. The molecule has 0 spiro atoms. The van der Waals surface area contributed by atoms with Gasteiger partial charge in [0.15, 0.2) is 0 Å². The molecule has 1 aromatic heterocycles. The van der Waals surface area contributed by atoms with E-state index in [2.05, 4.69) is 50.7 Å². The summed E-state index contributed by atoms with van der Waals surface area (Å²) in [5.74, 6) is 3.29. The van der Waals surface area contributed by atoms with Crippen LogP contribution in [0.1, 0.15) is 5.56 Å². The zero-order chi connectivity index (χ0) is 11.7. The molecule has 3 heteroatoms. The van der Waals surface area contributed by atoms with Gasteiger partial charge in [-0.25, -0.2) is 0 Å². The highest BCUT2D eigenvalue weighted by Crippen LogP contribution is 2.08. The van der Waals surface area contributed by atoms with Crippen molar-refractivity contribution in [3.05, 3.63) is 17.9 Å². The molecule has 1 heterocycles. The highest BCUT2D eigenvalue weighted by Gasteiger charge is 2.23. The largest absolute Gasteiger partial charge is 0.473 e. The van der Waals surface area contributed by atoms with E-state index < -0.39 is 16.1 Å². The van der Waals surface area contributed by atoms with E-state index in [9.17, 15) is 0 Å². The maximum Gasteiger partial charge on any atom is 0.129 e. The van der Waals surface area contributed by atoms with Crippen molar-refractivity contribution in [3.63, 3.8) is 0 Å². The minimum Gasteiger partial charge on any atom is -0.473 e. The van der Waals surface area contributed by atoms with Crippen molar-refractivity contribution in [2.45, 2.75) is 39.3 Å². The molecule has 0 aromatic carbocycles. The lowest BCUT2D eigenvalue weighted by molar-refractivity contribution is 0.597. The van der Waals surface area contributed by atoms with Gasteiger partial charge in [-0.3, -0.25) is 0 Å². The number of rotatable bonds is 1. The van der Waals surface area contributed by atoms with Gasteiger partial charge in [-0.2, -0.15) is 0 Å². The SMILES string of the molecule is C[Si](C)(C)C#Cc1ccoc1[Si](C)(C)C. The number of hydrogen-bond donors (Lipinski definition) is 0. The van der Waals surface area contributed by atoms with Crippen LogP contribution in [0, 0.1) is 11.5 Å². The fourth-order valence-electron chi connectivity index (χ4n) is 1.24. The molecule has 0 unspecified atom stereocenters. The second kappa shape index (κ2) is 4.03. The molecule has 15 heavy (non-hydrogen) atoms. The first-order chi connectivity index (χ1) is 6.70. The van der Waals surface area contributed by atoms with Gasteiger partial charge in [0.1, 0.15) is 16.1 Å². The van der Waals surface area contributed by atoms with E-state index in [4.69, 9.17) is 4.42 Å². The van der Waals surface area contributed by atoms with Crippen molar-refractivity contribution in [3.8, 4) is 11.5 Å². The molecule has 0 radical (unpaired) electrons. The first kappa shape index (κ1) is 12.3. The lowest BCUT2D eigenvalue weighted by atomic mass is 10.4. The Morgan fingerprint density at radius 1 is 1.07 bits per heavy atom. The summed E-state index contributed by atoms with van der Waals surface area (Å²) in [6, 6.07) is 2.00. The van der Waals surface area contributed by atoms with E-state index in [0.717, 1.165) is 10.9 Å². The molecule has 1 nitrogen and oxygen atoms in total. The van der Waals surface area contributed by atoms with Crippen LogP contribution in [0.2, 0.25) is 39.3 Å². The summed E-state index contributed by atoms with van der Waals surface area (Å²) in [4.78, 5) is 0. The Labute approximate surface area is 94.9 Å². The van der Waals surface area contributed by atoms with Crippen molar-refractivity contribution in [1.82, 2.24) is 0 Å². The molecule has 0 aliphatic rings. The molecule has 0 atom stereocenters. The van der Waals surface area contributed by atoms with Crippen molar-refractivity contribution >= 4 is 21.5 Å². The molecule has 1 aromatic rings. The van der Waals surface area contributed by atoms with Gasteiger partial charge in [-0.05, 0) is 6.07 Å². The fraction of sp³-hybridized carbons (Fsp3) is 0.500. The Morgan fingerprint density at radius 2 is 1.67 bits per heavy atom. The molecule has 0 fully saturated rings. The molecule has 0 aliphatic heterocycles. The summed E-state index contributed by atoms with van der Waals surface area (Å²) in [7, 11) is -2.66. The van der Waals surface area contributed by atoms with Crippen molar-refractivity contribution < 1.29 is 4.42 Å². The Morgan fingerprint density at radius 3 is 2.13 bits per heavy atom. The number of hydrogen-bond acceptors (Lipinski definition) is 1. The van der Waals surface area contributed by atoms with Gasteiger partial charge in [-0.15, -0.1) is 5.54 Å². The molecule has 0 saturated carbocycles.